The number of rotatable bonds is 4. The smallest absolute Gasteiger partial charge is 0.275 e. The Bertz CT molecular complexity index is 475. The highest BCUT2D eigenvalue weighted by atomic mass is 35.5. The zero-order chi connectivity index (χ0) is 14.5. The molecule has 1 atom stereocenters. The second kappa shape index (κ2) is 6.92. The topological polar surface area (TPSA) is 50.8 Å². The number of nitrogens with zero attached hydrogens (tertiary/aromatic N) is 1. The maximum Gasteiger partial charge on any atom is 0.275 e. The molecule has 5 nitrogen and oxygen atoms in total. The number of morpholine rings is 1. The van der Waals surface area contributed by atoms with Gasteiger partial charge in [-0.3, -0.25) is 10.2 Å². The Morgan fingerprint density at radius 1 is 1.45 bits per heavy atom. The molecule has 0 unspecified atom stereocenters. The highest BCUT2D eigenvalue weighted by Gasteiger charge is 2.19. The van der Waals surface area contributed by atoms with Gasteiger partial charge in [0.1, 0.15) is 5.75 Å². The summed E-state index contributed by atoms with van der Waals surface area (Å²) in [5.74, 6) is 0.500. The number of ether oxygens (including phenoxy) is 2. The molecule has 2 rings (SSSR count). The second-order valence-corrected chi connectivity index (χ2v) is 5.18. The van der Waals surface area contributed by atoms with Crippen molar-refractivity contribution in [1.82, 2.24) is 10.4 Å². The first-order chi connectivity index (χ1) is 9.56. The molecule has 0 radical (unpaired) electrons. The van der Waals surface area contributed by atoms with E-state index in [2.05, 4.69) is 5.43 Å². The van der Waals surface area contributed by atoms with Crippen LogP contribution in [0.5, 0.6) is 5.75 Å². The number of halogens is 1. The minimum atomic E-state index is -0.572. The van der Waals surface area contributed by atoms with Gasteiger partial charge < -0.3 is 9.47 Å². The molecule has 1 aliphatic rings. The van der Waals surface area contributed by atoms with Gasteiger partial charge in [0, 0.05) is 18.1 Å². The Morgan fingerprint density at radius 2 is 2.15 bits per heavy atom. The number of nitrogens with one attached hydrogen (secondary N) is 1. The third-order valence-corrected chi connectivity index (χ3v) is 3.32. The van der Waals surface area contributed by atoms with Gasteiger partial charge in [0.15, 0.2) is 6.10 Å². The van der Waals surface area contributed by atoms with Crippen molar-refractivity contribution in [3.05, 3.63) is 28.8 Å². The lowest BCUT2D eigenvalue weighted by molar-refractivity contribution is -0.134. The molecule has 0 aliphatic carbocycles. The van der Waals surface area contributed by atoms with Crippen LogP contribution in [0, 0.1) is 6.92 Å². The number of hydrogen-bond donors (Lipinski definition) is 1. The molecule has 0 aromatic heterocycles. The lowest BCUT2D eigenvalue weighted by atomic mass is 10.2. The molecule has 1 N–H and O–H groups in total. The van der Waals surface area contributed by atoms with Gasteiger partial charge in [-0.05, 0) is 37.6 Å². The minimum absolute atomic E-state index is 0.166. The van der Waals surface area contributed by atoms with Gasteiger partial charge in [0.05, 0.1) is 13.2 Å². The summed E-state index contributed by atoms with van der Waals surface area (Å²) in [4.78, 5) is 12.0. The molecule has 1 aliphatic heterocycles. The van der Waals surface area contributed by atoms with Gasteiger partial charge in [0.2, 0.25) is 0 Å². The number of carbonyl (C=O) groups is 1. The van der Waals surface area contributed by atoms with E-state index in [1.807, 2.05) is 18.0 Å². The maximum atomic E-state index is 12.0. The summed E-state index contributed by atoms with van der Waals surface area (Å²) in [6, 6.07) is 5.33. The molecular weight excluding hydrogens is 280 g/mol. The Balaban J connectivity index is 1.89. The highest BCUT2D eigenvalue weighted by molar-refractivity contribution is 6.30. The van der Waals surface area contributed by atoms with Crippen LogP contribution in [0.2, 0.25) is 5.02 Å². The average Bonchev–Trinajstić information content (AvgIpc) is 2.43. The van der Waals surface area contributed by atoms with E-state index in [0.717, 1.165) is 5.56 Å². The Morgan fingerprint density at radius 3 is 2.80 bits per heavy atom. The van der Waals surface area contributed by atoms with Crippen molar-refractivity contribution in [2.45, 2.75) is 20.0 Å². The van der Waals surface area contributed by atoms with Crippen molar-refractivity contribution < 1.29 is 14.3 Å². The van der Waals surface area contributed by atoms with E-state index in [0.29, 0.717) is 37.1 Å². The number of amides is 1. The molecule has 110 valence electrons. The van der Waals surface area contributed by atoms with Gasteiger partial charge >= 0.3 is 0 Å². The fraction of sp³-hybridized carbons (Fsp3) is 0.500. The van der Waals surface area contributed by atoms with Crippen LogP contribution in [-0.2, 0) is 9.53 Å². The van der Waals surface area contributed by atoms with Crippen LogP contribution in [-0.4, -0.2) is 43.3 Å². The molecule has 1 aromatic carbocycles. The monoisotopic (exact) mass is 298 g/mol. The van der Waals surface area contributed by atoms with Crippen molar-refractivity contribution in [1.29, 1.82) is 0 Å². The number of carbonyl (C=O) groups excluding carboxylic acids is 1. The zero-order valence-electron chi connectivity index (χ0n) is 11.7. The van der Waals surface area contributed by atoms with Crippen molar-refractivity contribution in [2.75, 3.05) is 26.3 Å². The van der Waals surface area contributed by atoms with E-state index >= 15 is 0 Å². The molecule has 1 aromatic rings. The summed E-state index contributed by atoms with van der Waals surface area (Å²) < 4.78 is 10.9. The van der Waals surface area contributed by atoms with Crippen LogP contribution in [0.1, 0.15) is 12.5 Å². The highest BCUT2D eigenvalue weighted by Crippen LogP contribution is 2.22. The number of hydrazine groups is 1. The van der Waals surface area contributed by atoms with Gasteiger partial charge in [-0.2, -0.15) is 0 Å². The van der Waals surface area contributed by atoms with E-state index in [1.165, 1.54) is 0 Å². The average molecular weight is 299 g/mol. The second-order valence-electron chi connectivity index (χ2n) is 4.75. The van der Waals surface area contributed by atoms with E-state index < -0.39 is 6.10 Å². The molecule has 1 amide bonds. The van der Waals surface area contributed by atoms with Crippen LogP contribution in [0.15, 0.2) is 18.2 Å². The predicted octanol–water partition coefficient (Wildman–Crippen LogP) is 1.78. The first kappa shape index (κ1) is 15.1. The van der Waals surface area contributed by atoms with Crippen molar-refractivity contribution in [3.63, 3.8) is 0 Å². The van der Waals surface area contributed by atoms with Crippen LogP contribution >= 0.6 is 11.6 Å². The molecule has 1 heterocycles. The van der Waals surface area contributed by atoms with Crippen molar-refractivity contribution in [3.8, 4) is 5.75 Å². The molecule has 0 spiro atoms. The number of aryl methyl sites for hydroxylation is 1. The van der Waals surface area contributed by atoms with E-state index in [-0.39, 0.29) is 5.91 Å². The van der Waals surface area contributed by atoms with E-state index in [4.69, 9.17) is 21.1 Å². The summed E-state index contributed by atoms with van der Waals surface area (Å²) in [6.45, 7) is 6.27. The number of benzene rings is 1. The standard InChI is InChI=1S/C14H19ClN2O3/c1-10-9-12(15)3-4-13(10)20-11(2)14(18)16-17-5-7-19-8-6-17/h3-4,9,11H,5-8H2,1-2H3,(H,16,18)/t11-/m1/s1. The first-order valence-electron chi connectivity index (χ1n) is 6.62. The van der Waals surface area contributed by atoms with E-state index in [9.17, 15) is 4.79 Å². The summed E-state index contributed by atoms with van der Waals surface area (Å²) >= 11 is 5.89. The number of hydrogen-bond acceptors (Lipinski definition) is 4. The first-order valence-corrected chi connectivity index (χ1v) is 7.00. The summed E-state index contributed by atoms with van der Waals surface area (Å²) in [5, 5.41) is 2.50. The summed E-state index contributed by atoms with van der Waals surface area (Å²) in [5.41, 5.74) is 3.74. The van der Waals surface area contributed by atoms with Gasteiger partial charge in [-0.25, -0.2) is 5.01 Å². The van der Waals surface area contributed by atoms with Gasteiger partial charge in [-0.1, -0.05) is 11.6 Å². The predicted molar refractivity (Wildman–Crippen MR) is 76.8 cm³/mol. The van der Waals surface area contributed by atoms with E-state index in [1.54, 1.807) is 19.1 Å². The van der Waals surface area contributed by atoms with Gasteiger partial charge in [-0.15, -0.1) is 0 Å². The van der Waals surface area contributed by atoms with Crippen LogP contribution in [0.3, 0.4) is 0 Å². The summed E-state index contributed by atoms with van der Waals surface area (Å²) in [7, 11) is 0. The third-order valence-electron chi connectivity index (χ3n) is 3.09. The summed E-state index contributed by atoms with van der Waals surface area (Å²) in [6.07, 6.45) is -0.572. The molecule has 0 bridgehead atoms. The lowest BCUT2D eigenvalue weighted by Crippen LogP contribution is -2.51. The quantitative estimate of drug-likeness (QED) is 0.920. The maximum absolute atomic E-state index is 12.0. The Hall–Kier alpha value is -1.30. The fourth-order valence-electron chi connectivity index (χ4n) is 1.91. The van der Waals surface area contributed by atoms with Crippen LogP contribution in [0.4, 0.5) is 0 Å². The lowest BCUT2D eigenvalue weighted by Gasteiger charge is -2.28. The Kier molecular flexibility index (Phi) is 5.23. The van der Waals surface area contributed by atoms with Crippen molar-refractivity contribution >= 4 is 17.5 Å². The Labute approximate surface area is 123 Å². The minimum Gasteiger partial charge on any atom is -0.481 e. The van der Waals surface area contributed by atoms with Crippen molar-refractivity contribution in [2.24, 2.45) is 0 Å². The molecule has 6 heteroatoms. The third kappa shape index (κ3) is 4.10. The SMILES string of the molecule is Cc1cc(Cl)ccc1O[C@H](C)C(=O)NN1CCOCC1. The molecule has 0 saturated carbocycles. The fourth-order valence-corrected chi connectivity index (χ4v) is 2.14. The molecule has 1 saturated heterocycles. The molecule has 1 fully saturated rings. The van der Waals surface area contributed by atoms with Crippen LogP contribution in [0.25, 0.3) is 0 Å². The molecular formula is C14H19ClN2O3. The largest absolute Gasteiger partial charge is 0.481 e. The zero-order valence-corrected chi connectivity index (χ0v) is 12.4. The van der Waals surface area contributed by atoms with Gasteiger partial charge in [0.25, 0.3) is 5.91 Å². The van der Waals surface area contributed by atoms with Crippen LogP contribution < -0.4 is 10.2 Å². The normalized spacial score (nSPS) is 17.6. The molecule has 20 heavy (non-hydrogen) atoms.